The van der Waals surface area contributed by atoms with Crippen LogP contribution in [0.25, 0.3) is 0 Å². The molecule has 1 aromatic rings. The summed E-state index contributed by atoms with van der Waals surface area (Å²) in [6, 6.07) is 3.00. The highest BCUT2D eigenvalue weighted by Crippen LogP contribution is 2.28. The Labute approximate surface area is 112 Å². The van der Waals surface area contributed by atoms with Gasteiger partial charge in [-0.1, -0.05) is 0 Å². The zero-order chi connectivity index (χ0) is 14.0. The second kappa shape index (κ2) is 5.57. The summed E-state index contributed by atoms with van der Waals surface area (Å²) in [7, 11) is 0. The van der Waals surface area contributed by atoms with Gasteiger partial charge in [-0.15, -0.1) is 0 Å². The van der Waals surface area contributed by atoms with Crippen molar-refractivity contribution in [2.24, 2.45) is 5.73 Å². The molecule has 1 aliphatic heterocycles. The summed E-state index contributed by atoms with van der Waals surface area (Å²) < 4.78 is 13.7. The topological polar surface area (TPSA) is 58.4 Å². The van der Waals surface area contributed by atoms with Gasteiger partial charge in [-0.25, -0.2) is 4.39 Å². The molecule has 1 aliphatic rings. The van der Waals surface area contributed by atoms with E-state index in [1.54, 1.807) is 13.0 Å². The fraction of sp³-hybridized carbons (Fsp3) is 0.500. The second-order valence-electron chi connectivity index (χ2n) is 5.07. The zero-order valence-electron chi connectivity index (χ0n) is 11.4. The van der Waals surface area contributed by atoms with Crippen LogP contribution in [0, 0.1) is 12.7 Å². The molecule has 2 rings (SSSR count). The van der Waals surface area contributed by atoms with Gasteiger partial charge in [0.2, 0.25) is 5.91 Å². The van der Waals surface area contributed by atoms with Crippen molar-refractivity contribution in [2.75, 3.05) is 24.5 Å². The molecule has 0 radical (unpaired) electrons. The van der Waals surface area contributed by atoms with E-state index >= 15 is 0 Å². The highest BCUT2D eigenvalue weighted by atomic mass is 19.1. The molecule has 0 bridgehead atoms. The number of anilines is 1. The molecule has 1 saturated heterocycles. The van der Waals surface area contributed by atoms with E-state index in [4.69, 9.17) is 5.73 Å². The van der Waals surface area contributed by atoms with Crippen LogP contribution in [0.1, 0.15) is 30.5 Å². The monoisotopic (exact) mass is 265 g/mol. The van der Waals surface area contributed by atoms with Crippen molar-refractivity contribution in [1.82, 2.24) is 5.32 Å². The van der Waals surface area contributed by atoms with Crippen molar-refractivity contribution in [3.63, 3.8) is 0 Å². The Kier molecular flexibility index (Phi) is 4.04. The van der Waals surface area contributed by atoms with E-state index in [-0.39, 0.29) is 17.8 Å². The van der Waals surface area contributed by atoms with Gasteiger partial charge in [-0.3, -0.25) is 4.79 Å². The third kappa shape index (κ3) is 3.04. The molecule has 19 heavy (non-hydrogen) atoms. The van der Waals surface area contributed by atoms with Crippen LogP contribution in [0.5, 0.6) is 0 Å². The number of rotatable bonds is 2. The third-order valence-electron chi connectivity index (χ3n) is 3.40. The number of benzene rings is 1. The lowest BCUT2D eigenvalue weighted by molar-refractivity contribution is -0.119. The molecule has 1 amide bonds. The average Bonchev–Trinajstić information content (AvgIpc) is 2.56. The van der Waals surface area contributed by atoms with Crippen LogP contribution in [0.4, 0.5) is 10.1 Å². The predicted octanol–water partition coefficient (Wildman–Crippen LogP) is 1.48. The molecular weight excluding hydrogens is 245 g/mol. The number of nitrogens with zero attached hydrogens (tertiary/aromatic N) is 1. The Morgan fingerprint density at radius 1 is 1.47 bits per heavy atom. The van der Waals surface area contributed by atoms with Gasteiger partial charge < -0.3 is 16.0 Å². The van der Waals surface area contributed by atoms with Crippen LogP contribution in [0.2, 0.25) is 0 Å². The molecular formula is C14H20FN3O. The van der Waals surface area contributed by atoms with Crippen molar-refractivity contribution < 1.29 is 9.18 Å². The fourth-order valence-corrected chi connectivity index (χ4v) is 2.33. The summed E-state index contributed by atoms with van der Waals surface area (Å²) in [4.78, 5) is 13.6. The first-order valence-corrected chi connectivity index (χ1v) is 6.56. The second-order valence-corrected chi connectivity index (χ2v) is 5.07. The van der Waals surface area contributed by atoms with Crippen molar-refractivity contribution >= 4 is 11.6 Å². The third-order valence-corrected chi connectivity index (χ3v) is 3.40. The van der Waals surface area contributed by atoms with Gasteiger partial charge in [0, 0.05) is 24.8 Å². The van der Waals surface area contributed by atoms with Gasteiger partial charge in [-0.05, 0) is 43.5 Å². The first-order valence-electron chi connectivity index (χ1n) is 6.56. The predicted molar refractivity (Wildman–Crippen MR) is 73.6 cm³/mol. The summed E-state index contributed by atoms with van der Waals surface area (Å²) in [6.45, 7) is 5.30. The van der Waals surface area contributed by atoms with Crippen LogP contribution in [-0.2, 0) is 4.79 Å². The van der Waals surface area contributed by atoms with Crippen molar-refractivity contribution in [3.05, 3.63) is 29.1 Å². The van der Waals surface area contributed by atoms with Gasteiger partial charge in [0.15, 0.2) is 0 Å². The first kappa shape index (κ1) is 13.8. The Bertz CT molecular complexity index is 488. The number of nitrogens with one attached hydrogen (secondary N) is 1. The Morgan fingerprint density at radius 3 is 2.89 bits per heavy atom. The number of aryl methyl sites for hydroxylation is 1. The molecule has 1 atom stereocenters. The molecule has 104 valence electrons. The minimum absolute atomic E-state index is 0.00453. The normalized spacial score (nSPS) is 17.9. The molecule has 0 aromatic heterocycles. The van der Waals surface area contributed by atoms with Gasteiger partial charge in [0.25, 0.3) is 0 Å². The van der Waals surface area contributed by atoms with E-state index in [1.807, 2.05) is 11.8 Å². The molecule has 4 nitrogen and oxygen atoms in total. The Balaban J connectivity index is 2.41. The molecule has 3 N–H and O–H groups in total. The maximum atomic E-state index is 13.7. The smallest absolute Gasteiger partial charge is 0.239 e. The van der Waals surface area contributed by atoms with Crippen molar-refractivity contribution in [1.29, 1.82) is 0 Å². The van der Waals surface area contributed by atoms with Crippen molar-refractivity contribution in [2.45, 2.75) is 26.3 Å². The molecule has 0 unspecified atom stereocenters. The number of carbonyl (C=O) groups is 1. The minimum Gasteiger partial charge on any atom is -0.362 e. The number of hydrogen-bond acceptors (Lipinski definition) is 3. The molecule has 1 aromatic carbocycles. The number of carbonyl (C=O) groups excluding carboxylic acids is 1. The number of hydrogen-bond donors (Lipinski definition) is 2. The average molecular weight is 265 g/mol. The maximum Gasteiger partial charge on any atom is 0.239 e. The number of halogens is 1. The summed E-state index contributed by atoms with van der Waals surface area (Å²) in [5.74, 6) is -0.259. The Hall–Kier alpha value is -1.62. The number of amides is 1. The lowest BCUT2D eigenvalue weighted by Crippen LogP contribution is -2.34. The highest BCUT2D eigenvalue weighted by Gasteiger charge is 2.20. The van der Waals surface area contributed by atoms with Gasteiger partial charge in [-0.2, -0.15) is 0 Å². The van der Waals surface area contributed by atoms with E-state index < -0.39 is 0 Å². The lowest BCUT2D eigenvalue weighted by Gasteiger charge is -2.26. The summed E-state index contributed by atoms with van der Waals surface area (Å²) >= 11 is 0. The summed E-state index contributed by atoms with van der Waals surface area (Å²) in [6.07, 6.45) is 0.876. The van der Waals surface area contributed by atoms with Gasteiger partial charge >= 0.3 is 0 Å². The molecule has 0 saturated carbocycles. The van der Waals surface area contributed by atoms with Crippen LogP contribution >= 0.6 is 0 Å². The fourth-order valence-electron chi connectivity index (χ4n) is 2.33. The van der Waals surface area contributed by atoms with Crippen LogP contribution in [0.3, 0.4) is 0 Å². The largest absolute Gasteiger partial charge is 0.362 e. The lowest BCUT2D eigenvalue weighted by atomic mass is 10.0. The van der Waals surface area contributed by atoms with E-state index in [9.17, 15) is 9.18 Å². The van der Waals surface area contributed by atoms with E-state index in [0.717, 1.165) is 24.2 Å². The van der Waals surface area contributed by atoms with Gasteiger partial charge in [0.05, 0.1) is 6.54 Å². The minimum atomic E-state index is -0.267. The molecule has 0 aliphatic carbocycles. The van der Waals surface area contributed by atoms with E-state index in [1.165, 1.54) is 6.07 Å². The summed E-state index contributed by atoms with van der Waals surface area (Å²) in [5, 5.41) is 2.83. The van der Waals surface area contributed by atoms with Crippen LogP contribution in [0.15, 0.2) is 12.1 Å². The maximum absolute atomic E-state index is 13.7. The number of nitrogens with two attached hydrogens (primary N) is 1. The first-order chi connectivity index (χ1) is 8.99. The summed E-state index contributed by atoms with van der Waals surface area (Å²) in [5.41, 5.74) is 8.11. The van der Waals surface area contributed by atoms with Gasteiger partial charge in [0.1, 0.15) is 5.82 Å². The van der Waals surface area contributed by atoms with E-state index in [2.05, 4.69) is 5.32 Å². The quantitative estimate of drug-likeness (QED) is 0.851. The highest BCUT2D eigenvalue weighted by molar-refractivity contribution is 5.82. The van der Waals surface area contributed by atoms with Crippen LogP contribution in [-0.4, -0.2) is 25.5 Å². The molecule has 1 heterocycles. The molecule has 1 fully saturated rings. The Morgan fingerprint density at radius 2 is 2.21 bits per heavy atom. The SMILES string of the molecule is Cc1cc(N2CCCNC(=O)C2)c([C@H](C)N)cc1F. The molecule has 5 heteroatoms. The van der Waals surface area contributed by atoms with Crippen LogP contribution < -0.4 is 16.0 Å². The zero-order valence-corrected chi connectivity index (χ0v) is 11.4. The van der Waals surface area contributed by atoms with E-state index in [0.29, 0.717) is 18.7 Å². The molecule has 0 spiro atoms. The standard InChI is InChI=1S/C14H20FN3O/c1-9-6-13(11(10(2)16)7-12(9)15)18-5-3-4-17-14(19)8-18/h6-7,10H,3-5,8,16H2,1-2H3,(H,17,19)/t10-/m0/s1. The van der Waals surface area contributed by atoms with Crippen molar-refractivity contribution in [3.8, 4) is 0 Å².